The van der Waals surface area contributed by atoms with Gasteiger partial charge in [0.25, 0.3) is 5.91 Å². The molecule has 2 aromatic rings. The average Bonchev–Trinajstić information content (AvgIpc) is 2.87. The van der Waals surface area contributed by atoms with E-state index >= 15 is 0 Å². The first-order valence-electron chi connectivity index (χ1n) is 8.15. The zero-order chi connectivity index (χ0) is 17.9. The number of ether oxygens (including phenoxy) is 1. The van der Waals surface area contributed by atoms with Crippen LogP contribution in [0.5, 0.6) is 5.75 Å². The van der Waals surface area contributed by atoms with Crippen molar-refractivity contribution in [1.29, 1.82) is 0 Å². The van der Waals surface area contributed by atoms with Crippen LogP contribution in [0.4, 0.5) is 0 Å². The lowest BCUT2D eigenvalue weighted by Crippen LogP contribution is -2.46. The molecule has 132 valence electrons. The van der Waals surface area contributed by atoms with E-state index < -0.39 is 15.4 Å². The predicted octanol–water partition coefficient (Wildman–Crippen LogP) is 2.57. The van der Waals surface area contributed by atoms with E-state index in [4.69, 9.17) is 4.74 Å². The van der Waals surface area contributed by atoms with Gasteiger partial charge in [-0.05, 0) is 43.2 Å². The van der Waals surface area contributed by atoms with Crippen LogP contribution in [0.15, 0.2) is 54.6 Å². The minimum absolute atomic E-state index is 0.00991. The van der Waals surface area contributed by atoms with Crippen LogP contribution in [0, 0.1) is 0 Å². The minimum atomic E-state index is -3.06. The van der Waals surface area contributed by atoms with Crippen LogP contribution < -0.4 is 10.1 Å². The van der Waals surface area contributed by atoms with Gasteiger partial charge in [-0.2, -0.15) is 0 Å². The van der Waals surface area contributed by atoms with Crippen molar-refractivity contribution in [3.8, 4) is 5.75 Å². The summed E-state index contributed by atoms with van der Waals surface area (Å²) in [7, 11) is -3.06. The maximum atomic E-state index is 12.4. The summed E-state index contributed by atoms with van der Waals surface area (Å²) in [5, 5.41) is 2.85. The van der Waals surface area contributed by atoms with Crippen molar-refractivity contribution in [3.05, 3.63) is 65.7 Å². The van der Waals surface area contributed by atoms with Crippen molar-refractivity contribution in [2.75, 3.05) is 11.5 Å². The molecule has 1 amide bonds. The van der Waals surface area contributed by atoms with Gasteiger partial charge in [0.1, 0.15) is 12.4 Å². The lowest BCUT2D eigenvalue weighted by molar-refractivity contribution is 0.0915. The van der Waals surface area contributed by atoms with E-state index in [1.54, 1.807) is 31.2 Å². The number of sulfone groups is 1. The van der Waals surface area contributed by atoms with Crippen LogP contribution in [-0.4, -0.2) is 31.4 Å². The van der Waals surface area contributed by atoms with Gasteiger partial charge in [0, 0.05) is 5.56 Å². The average molecular weight is 359 g/mol. The molecule has 0 aliphatic carbocycles. The highest BCUT2D eigenvalue weighted by Gasteiger charge is 2.39. The summed E-state index contributed by atoms with van der Waals surface area (Å²) in [6, 6.07) is 16.7. The minimum Gasteiger partial charge on any atom is -0.489 e. The van der Waals surface area contributed by atoms with Gasteiger partial charge in [-0.25, -0.2) is 8.42 Å². The molecule has 0 saturated carbocycles. The van der Waals surface area contributed by atoms with Crippen LogP contribution >= 0.6 is 0 Å². The van der Waals surface area contributed by atoms with E-state index in [1.165, 1.54) is 0 Å². The number of amides is 1. The fourth-order valence-corrected chi connectivity index (χ4v) is 4.99. The van der Waals surface area contributed by atoms with Crippen LogP contribution in [-0.2, 0) is 16.4 Å². The number of carbonyl (C=O) groups excluding carboxylic acids is 1. The first-order chi connectivity index (χ1) is 11.9. The number of hydrogen-bond acceptors (Lipinski definition) is 4. The largest absolute Gasteiger partial charge is 0.489 e. The van der Waals surface area contributed by atoms with Gasteiger partial charge in [0.2, 0.25) is 0 Å². The monoisotopic (exact) mass is 359 g/mol. The molecule has 1 N–H and O–H groups in total. The van der Waals surface area contributed by atoms with Crippen molar-refractivity contribution < 1.29 is 17.9 Å². The fraction of sp³-hybridized carbons (Fsp3) is 0.316. The maximum absolute atomic E-state index is 12.4. The van der Waals surface area contributed by atoms with Crippen LogP contribution in [0.2, 0.25) is 0 Å². The third-order valence-corrected chi connectivity index (χ3v) is 6.19. The Labute approximate surface area is 147 Å². The molecular weight excluding hydrogens is 338 g/mol. The Morgan fingerprint density at radius 2 is 1.80 bits per heavy atom. The highest BCUT2D eigenvalue weighted by molar-refractivity contribution is 7.91. The fourth-order valence-electron chi connectivity index (χ4n) is 2.90. The maximum Gasteiger partial charge on any atom is 0.251 e. The molecule has 1 aliphatic rings. The van der Waals surface area contributed by atoms with Crippen molar-refractivity contribution in [1.82, 2.24) is 5.32 Å². The van der Waals surface area contributed by atoms with Crippen molar-refractivity contribution in [3.63, 3.8) is 0 Å². The molecule has 1 fully saturated rings. The molecule has 0 bridgehead atoms. The Morgan fingerprint density at radius 1 is 1.12 bits per heavy atom. The molecule has 1 aliphatic heterocycles. The highest BCUT2D eigenvalue weighted by atomic mass is 32.2. The van der Waals surface area contributed by atoms with Gasteiger partial charge in [-0.1, -0.05) is 30.3 Å². The molecule has 0 aromatic heterocycles. The topological polar surface area (TPSA) is 72.5 Å². The molecule has 2 aromatic carbocycles. The van der Waals surface area contributed by atoms with Crippen LogP contribution in [0.3, 0.4) is 0 Å². The van der Waals surface area contributed by atoms with Gasteiger partial charge in [-0.15, -0.1) is 0 Å². The first kappa shape index (κ1) is 17.5. The number of nitrogens with one attached hydrogen (secondary N) is 1. The Hall–Kier alpha value is -2.34. The molecule has 0 radical (unpaired) electrons. The third kappa shape index (κ3) is 4.60. The SMILES string of the molecule is CC1(NC(=O)c2ccc(OCc3ccccc3)cc2)CCS(=O)(=O)C1. The van der Waals surface area contributed by atoms with E-state index in [9.17, 15) is 13.2 Å². The zero-order valence-corrected chi connectivity index (χ0v) is 14.9. The van der Waals surface area contributed by atoms with E-state index in [0.29, 0.717) is 24.3 Å². The van der Waals surface area contributed by atoms with Crippen molar-refractivity contribution in [2.24, 2.45) is 0 Å². The van der Waals surface area contributed by atoms with Gasteiger partial charge in [-0.3, -0.25) is 4.79 Å². The van der Waals surface area contributed by atoms with E-state index in [-0.39, 0.29) is 17.4 Å². The summed E-state index contributed by atoms with van der Waals surface area (Å²) in [6.45, 7) is 2.23. The predicted molar refractivity (Wildman–Crippen MR) is 96.4 cm³/mol. The number of benzene rings is 2. The van der Waals surface area contributed by atoms with Crippen molar-refractivity contribution in [2.45, 2.75) is 25.5 Å². The van der Waals surface area contributed by atoms with Gasteiger partial charge in [0.15, 0.2) is 9.84 Å². The number of carbonyl (C=O) groups is 1. The molecule has 25 heavy (non-hydrogen) atoms. The lowest BCUT2D eigenvalue weighted by Gasteiger charge is -2.23. The second-order valence-corrected chi connectivity index (χ2v) is 8.84. The van der Waals surface area contributed by atoms with Crippen LogP contribution in [0.25, 0.3) is 0 Å². The standard InChI is InChI=1S/C19H21NO4S/c1-19(11-12-25(22,23)14-19)20-18(21)16-7-9-17(10-8-16)24-13-15-5-3-2-4-6-15/h2-10H,11-14H2,1H3,(H,20,21). The molecule has 1 saturated heterocycles. The summed E-state index contributed by atoms with van der Waals surface area (Å²) in [5.41, 5.74) is 0.857. The molecule has 0 spiro atoms. The molecule has 3 rings (SSSR count). The first-order valence-corrected chi connectivity index (χ1v) is 9.97. The molecule has 6 heteroatoms. The molecule has 1 heterocycles. The van der Waals surface area contributed by atoms with E-state index in [2.05, 4.69) is 5.32 Å². The normalized spacial score (nSPS) is 21.6. The number of rotatable bonds is 5. The Bertz CT molecular complexity index is 847. The Balaban J connectivity index is 1.59. The second kappa shape index (κ2) is 6.88. The highest BCUT2D eigenvalue weighted by Crippen LogP contribution is 2.23. The summed E-state index contributed by atoms with van der Waals surface area (Å²) >= 11 is 0. The molecule has 1 unspecified atom stereocenters. The number of hydrogen-bond donors (Lipinski definition) is 1. The van der Waals surface area contributed by atoms with E-state index in [0.717, 1.165) is 5.56 Å². The summed E-state index contributed by atoms with van der Waals surface area (Å²) in [4.78, 5) is 12.4. The van der Waals surface area contributed by atoms with Gasteiger partial charge in [0.05, 0.1) is 17.0 Å². The Kier molecular flexibility index (Phi) is 4.81. The molecular formula is C19H21NO4S. The third-order valence-electron chi connectivity index (χ3n) is 4.28. The molecule has 5 nitrogen and oxygen atoms in total. The quantitative estimate of drug-likeness (QED) is 0.891. The van der Waals surface area contributed by atoms with Crippen LogP contribution in [0.1, 0.15) is 29.3 Å². The van der Waals surface area contributed by atoms with E-state index in [1.807, 2.05) is 30.3 Å². The van der Waals surface area contributed by atoms with Crippen molar-refractivity contribution >= 4 is 15.7 Å². The summed E-state index contributed by atoms with van der Waals surface area (Å²) < 4.78 is 29.0. The lowest BCUT2D eigenvalue weighted by atomic mass is 10.0. The van der Waals surface area contributed by atoms with Gasteiger partial charge >= 0.3 is 0 Å². The second-order valence-electron chi connectivity index (χ2n) is 6.66. The summed E-state index contributed by atoms with van der Waals surface area (Å²) in [6.07, 6.45) is 0.444. The Morgan fingerprint density at radius 3 is 2.40 bits per heavy atom. The van der Waals surface area contributed by atoms with Gasteiger partial charge < -0.3 is 10.1 Å². The zero-order valence-electron chi connectivity index (χ0n) is 14.1. The smallest absolute Gasteiger partial charge is 0.251 e. The molecule has 1 atom stereocenters. The summed E-state index contributed by atoms with van der Waals surface area (Å²) in [5.74, 6) is 0.518.